The molecule has 0 unspecified atom stereocenters. The van der Waals surface area contributed by atoms with Gasteiger partial charge < -0.3 is 15.5 Å². The highest BCUT2D eigenvalue weighted by Gasteiger charge is 2.16. The number of aliphatic imine (C=N–C) groups is 1. The van der Waals surface area contributed by atoms with Crippen LogP contribution in [-0.2, 0) is 6.42 Å². The van der Waals surface area contributed by atoms with Crippen LogP contribution in [0.15, 0.2) is 65.7 Å². The van der Waals surface area contributed by atoms with Gasteiger partial charge in [0.1, 0.15) is 0 Å². The van der Waals surface area contributed by atoms with E-state index in [0.29, 0.717) is 0 Å². The Morgan fingerprint density at radius 1 is 0.833 bits per heavy atom. The number of piperazine rings is 1. The summed E-state index contributed by atoms with van der Waals surface area (Å²) in [4.78, 5) is 9.40. The van der Waals surface area contributed by atoms with E-state index in [-0.39, 0.29) is 24.0 Å². The van der Waals surface area contributed by atoms with Gasteiger partial charge in [-0.15, -0.1) is 24.0 Å². The molecule has 2 aromatic carbocycles. The molecule has 1 aliphatic heterocycles. The van der Waals surface area contributed by atoms with Gasteiger partial charge in [-0.25, -0.2) is 0 Å². The van der Waals surface area contributed by atoms with Gasteiger partial charge in [0.25, 0.3) is 0 Å². The topological polar surface area (TPSA) is 42.9 Å². The second kappa shape index (κ2) is 14.2. The Morgan fingerprint density at radius 2 is 1.47 bits per heavy atom. The summed E-state index contributed by atoms with van der Waals surface area (Å²) in [6.07, 6.45) is 3.40. The number of anilines is 1. The maximum Gasteiger partial charge on any atom is 0.190 e. The van der Waals surface area contributed by atoms with Crippen molar-refractivity contribution in [3.63, 3.8) is 0 Å². The Balaban J connectivity index is 0.00000320. The van der Waals surface area contributed by atoms with Crippen molar-refractivity contribution in [1.29, 1.82) is 0 Å². The lowest BCUT2D eigenvalue weighted by atomic mass is 10.1. The van der Waals surface area contributed by atoms with Crippen molar-refractivity contribution < 1.29 is 0 Å². The van der Waals surface area contributed by atoms with E-state index in [2.05, 4.69) is 86.1 Å². The number of unbranched alkanes of at least 4 members (excludes halogenated alkanes) is 1. The van der Waals surface area contributed by atoms with E-state index in [0.717, 1.165) is 58.1 Å². The molecular formula is C24H36IN5. The zero-order valence-electron chi connectivity index (χ0n) is 18.1. The van der Waals surface area contributed by atoms with Crippen LogP contribution >= 0.6 is 24.0 Å². The predicted octanol–water partition coefficient (Wildman–Crippen LogP) is 3.61. The summed E-state index contributed by atoms with van der Waals surface area (Å²) in [5.74, 6) is 0.900. The standard InChI is InChI=1S/C24H35N5.HI/c1-25-24(27-16-14-22-10-4-2-5-11-22)26-15-8-9-17-28-18-20-29(21-19-28)23-12-6-3-7-13-23;/h2-7,10-13H,8-9,14-21H2,1H3,(H2,25,26,27);1H. The van der Waals surface area contributed by atoms with Crippen LogP contribution in [0.2, 0.25) is 0 Å². The molecular weight excluding hydrogens is 485 g/mol. The quantitative estimate of drug-likeness (QED) is 0.229. The highest BCUT2D eigenvalue weighted by atomic mass is 127. The van der Waals surface area contributed by atoms with Crippen molar-refractivity contribution in [2.45, 2.75) is 19.3 Å². The van der Waals surface area contributed by atoms with E-state index < -0.39 is 0 Å². The van der Waals surface area contributed by atoms with Crippen LogP contribution in [0.3, 0.4) is 0 Å². The fourth-order valence-electron chi connectivity index (χ4n) is 3.73. The maximum absolute atomic E-state index is 4.32. The van der Waals surface area contributed by atoms with Crippen molar-refractivity contribution in [1.82, 2.24) is 15.5 Å². The molecule has 1 saturated heterocycles. The zero-order chi connectivity index (χ0) is 20.2. The highest BCUT2D eigenvalue weighted by Crippen LogP contribution is 2.15. The smallest absolute Gasteiger partial charge is 0.190 e. The van der Waals surface area contributed by atoms with Gasteiger partial charge in [-0.1, -0.05) is 48.5 Å². The molecule has 0 saturated carbocycles. The van der Waals surface area contributed by atoms with E-state index in [1.54, 1.807) is 0 Å². The van der Waals surface area contributed by atoms with Crippen molar-refractivity contribution in [2.24, 2.45) is 4.99 Å². The summed E-state index contributed by atoms with van der Waals surface area (Å²) in [6, 6.07) is 21.3. The van der Waals surface area contributed by atoms with Gasteiger partial charge in [-0.3, -0.25) is 9.89 Å². The van der Waals surface area contributed by atoms with Crippen LogP contribution in [0.25, 0.3) is 0 Å². The van der Waals surface area contributed by atoms with Crippen molar-refractivity contribution in [3.8, 4) is 0 Å². The molecule has 0 radical (unpaired) electrons. The van der Waals surface area contributed by atoms with Crippen LogP contribution in [0.4, 0.5) is 5.69 Å². The number of halogens is 1. The number of rotatable bonds is 9. The highest BCUT2D eigenvalue weighted by molar-refractivity contribution is 14.0. The van der Waals surface area contributed by atoms with Crippen molar-refractivity contribution >= 4 is 35.6 Å². The SMILES string of the molecule is CN=C(NCCCCN1CCN(c2ccccc2)CC1)NCCc1ccccc1.I. The third kappa shape index (κ3) is 8.52. The average Bonchev–Trinajstić information content (AvgIpc) is 2.79. The largest absolute Gasteiger partial charge is 0.369 e. The van der Waals surface area contributed by atoms with Gasteiger partial charge >= 0.3 is 0 Å². The molecule has 0 aromatic heterocycles. The first-order valence-electron chi connectivity index (χ1n) is 10.9. The molecule has 2 N–H and O–H groups in total. The van der Waals surface area contributed by atoms with Crippen LogP contribution in [0.5, 0.6) is 0 Å². The number of hydrogen-bond acceptors (Lipinski definition) is 3. The minimum atomic E-state index is 0. The lowest BCUT2D eigenvalue weighted by molar-refractivity contribution is 0.253. The minimum Gasteiger partial charge on any atom is -0.369 e. The minimum absolute atomic E-state index is 0. The van der Waals surface area contributed by atoms with Gasteiger partial charge in [-0.2, -0.15) is 0 Å². The number of hydrogen-bond donors (Lipinski definition) is 2. The summed E-state index contributed by atoms with van der Waals surface area (Å²) in [5, 5.41) is 6.84. The average molecular weight is 521 g/mol. The number of nitrogens with zero attached hydrogens (tertiary/aromatic N) is 3. The van der Waals surface area contributed by atoms with Crippen molar-refractivity contribution in [2.75, 3.05) is 57.8 Å². The second-order valence-electron chi connectivity index (χ2n) is 7.53. The first-order chi connectivity index (χ1) is 14.3. The van der Waals surface area contributed by atoms with E-state index in [1.165, 1.54) is 24.2 Å². The Labute approximate surface area is 199 Å². The number of nitrogens with one attached hydrogen (secondary N) is 2. The molecule has 0 aliphatic carbocycles. The second-order valence-corrected chi connectivity index (χ2v) is 7.53. The number of guanidine groups is 1. The van der Waals surface area contributed by atoms with Crippen LogP contribution in [-0.4, -0.2) is 63.7 Å². The van der Waals surface area contributed by atoms with Gasteiger partial charge in [0.2, 0.25) is 0 Å². The molecule has 1 fully saturated rings. The van der Waals surface area contributed by atoms with Gasteiger partial charge in [0, 0.05) is 52.0 Å². The molecule has 0 spiro atoms. The van der Waals surface area contributed by atoms with Gasteiger partial charge in [0.15, 0.2) is 5.96 Å². The molecule has 0 bridgehead atoms. The molecule has 0 amide bonds. The van der Waals surface area contributed by atoms with E-state index in [1.807, 2.05) is 7.05 Å². The van der Waals surface area contributed by atoms with Crippen LogP contribution in [0.1, 0.15) is 18.4 Å². The van der Waals surface area contributed by atoms with E-state index in [4.69, 9.17) is 0 Å². The first-order valence-corrected chi connectivity index (χ1v) is 10.9. The zero-order valence-corrected chi connectivity index (χ0v) is 20.4. The maximum atomic E-state index is 4.32. The molecule has 3 rings (SSSR count). The Morgan fingerprint density at radius 3 is 2.13 bits per heavy atom. The fraction of sp³-hybridized carbons (Fsp3) is 0.458. The summed E-state index contributed by atoms with van der Waals surface area (Å²) < 4.78 is 0. The van der Waals surface area contributed by atoms with E-state index >= 15 is 0 Å². The third-order valence-electron chi connectivity index (χ3n) is 5.46. The lowest BCUT2D eigenvalue weighted by Crippen LogP contribution is -2.46. The lowest BCUT2D eigenvalue weighted by Gasteiger charge is -2.36. The Bertz CT molecular complexity index is 715. The number of para-hydroxylation sites is 1. The van der Waals surface area contributed by atoms with Crippen LogP contribution < -0.4 is 15.5 Å². The molecule has 0 atom stereocenters. The van der Waals surface area contributed by atoms with Crippen molar-refractivity contribution in [3.05, 3.63) is 66.2 Å². The molecule has 30 heavy (non-hydrogen) atoms. The van der Waals surface area contributed by atoms with Gasteiger partial charge in [-0.05, 0) is 43.5 Å². The van der Waals surface area contributed by atoms with Crippen LogP contribution in [0, 0.1) is 0 Å². The molecule has 5 nitrogen and oxygen atoms in total. The summed E-state index contributed by atoms with van der Waals surface area (Å²) >= 11 is 0. The predicted molar refractivity (Wildman–Crippen MR) is 139 cm³/mol. The first kappa shape index (κ1) is 24.5. The molecule has 1 heterocycles. The molecule has 2 aromatic rings. The molecule has 6 heteroatoms. The molecule has 1 aliphatic rings. The third-order valence-corrected chi connectivity index (χ3v) is 5.46. The normalized spacial score (nSPS) is 14.8. The number of benzene rings is 2. The fourth-order valence-corrected chi connectivity index (χ4v) is 3.73. The summed E-state index contributed by atoms with van der Waals surface area (Å²) in [6.45, 7) is 7.62. The Kier molecular flexibility index (Phi) is 11.6. The summed E-state index contributed by atoms with van der Waals surface area (Å²) in [5.41, 5.74) is 2.70. The van der Waals surface area contributed by atoms with E-state index in [9.17, 15) is 0 Å². The Hall–Kier alpha value is -1.80. The summed E-state index contributed by atoms with van der Waals surface area (Å²) in [7, 11) is 1.84. The van der Waals surface area contributed by atoms with Gasteiger partial charge in [0.05, 0.1) is 0 Å². The monoisotopic (exact) mass is 521 g/mol. The molecule has 164 valence electrons.